The van der Waals surface area contributed by atoms with Crippen LogP contribution in [0.25, 0.3) is 0 Å². The van der Waals surface area contributed by atoms with E-state index in [1.165, 1.54) is 23.3 Å². The number of thioether (sulfide) groups is 1. The molecule has 0 aromatic heterocycles. The largest absolute Gasteiger partial charge is 0.310 e. The molecule has 0 aliphatic heterocycles. The van der Waals surface area contributed by atoms with Crippen molar-refractivity contribution in [3.05, 3.63) is 28.8 Å². The van der Waals surface area contributed by atoms with Gasteiger partial charge in [0.25, 0.3) is 0 Å². The SMILES string of the molecule is CC(C)C(C)Sc1c(Cl)cccc1CNC1CC1. The van der Waals surface area contributed by atoms with Gasteiger partial charge in [0.2, 0.25) is 0 Å². The predicted molar refractivity (Wildman–Crippen MR) is 81.5 cm³/mol. The van der Waals surface area contributed by atoms with Crippen LogP contribution in [0.5, 0.6) is 0 Å². The van der Waals surface area contributed by atoms with E-state index in [1.54, 1.807) is 0 Å². The quantitative estimate of drug-likeness (QED) is 0.758. The second kappa shape index (κ2) is 6.31. The predicted octanol–water partition coefficient (Wildman–Crippen LogP) is 4.73. The minimum atomic E-state index is 0.588. The average molecular weight is 284 g/mol. The van der Waals surface area contributed by atoms with Crippen LogP contribution in [0, 0.1) is 5.92 Å². The van der Waals surface area contributed by atoms with E-state index in [4.69, 9.17) is 11.6 Å². The number of hydrogen-bond acceptors (Lipinski definition) is 2. The molecule has 0 amide bonds. The van der Waals surface area contributed by atoms with Gasteiger partial charge >= 0.3 is 0 Å². The molecule has 2 rings (SSSR count). The van der Waals surface area contributed by atoms with Crippen molar-refractivity contribution in [1.82, 2.24) is 5.32 Å². The van der Waals surface area contributed by atoms with Gasteiger partial charge in [0.15, 0.2) is 0 Å². The van der Waals surface area contributed by atoms with Crippen molar-refractivity contribution in [2.75, 3.05) is 0 Å². The molecule has 0 radical (unpaired) electrons. The van der Waals surface area contributed by atoms with Gasteiger partial charge in [-0.3, -0.25) is 0 Å². The Kier molecular flexibility index (Phi) is 4.99. The van der Waals surface area contributed by atoms with Crippen molar-refractivity contribution in [1.29, 1.82) is 0 Å². The Morgan fingerprint density at radius 2 is 2.06 bits per heavy atom. The summed E-state index contributed by atoms with van der Waals surface area (Å²) in [6.07, 6.45) is 2.65. The molecular weight excluding hydrogens is 262 g/mol. The highest BCUT2D eigenvalue weighted by molar-refractivity contribution is 8.00. The first-order chi connectivity index (χ1) is 8.58. The Labute approximate surface area is 120 Å². The molecule has 0 heterocycles. The molecule has 1 atom stereocenters. The summed E-state index contributed by atoms with van der Waals surface area (Å²) in [5.74, 6) is 0.663. The van der Waals surface area contributed by atoms with Crippen molar-refractivity contribution in [3.63, 3.8) is 0 Å². The van der Waals surface area contributed by atoms with Gasteiger partial charge in [0.05, 0.1) is 5.02 Å². The topological polar surface area (TPSA) is 12.0 Å². The van der Waals surface area contributed by atoms with Gasteiger partial charge in [-0.25, -0.2) is 0 Å². The average Bonchev–Trinajstić information content (AvgIpc) is 3.13. The van der Waals surface area contributed by atoms with Crippen LogP contribution in [0.3, 0.4) is 0 Å². The first kappa shape index (κ1) is 14.2. The van der Waals surface area contributed by atoms with Crippen LogP contribution in [0.15, 0.2) is 23.1 Å². The van der Waals surface area contributed by atoms with Gasteiger partial charge in [-0.05, 0) is 30.4 Å². The lowest BCUT2D eigenvalue weighted by Crippen LogP contribution is -2.16. The Hall–Kier alpha value is -0.180. The summed E-state index contributed by atoms with van der Waals surface area (Å²) in [6, 6.07) is 6.98. The summed E-state index contributed by atoms with van der Waals surface area (Å²) >= 11 is 8.27. The van der Waals surface area contributed by atoms with E-state index in [9.17, 15) is 0 Å². The molecule has 1 aliphatic rings. The Morgan fingerprint density at radius 3 is 2.67 bits per heavy atom. The second-order valence-electron chi connectivity index (χ2n) is 5.45. The molecule has 1 fully saturated rings. The van der Waals surface area contributed by atoms with Crippen molar-refractivity contribution < 1.29 is 0 Å². The smallest absolute Gasteiger partial charge is 0.0545 e. The number of rotatable bonds is 6. The van der Waals surface area contributed by atoms with Crippen LogP contribution in [0.2, 0.25) is 5.02 Å². The summed E-state index contributed by atoms with van der Waals surface area (Å²) in [5, 5.41) is 5.05. The lowest BCUT2D eigenvalue weighted by molar-refractivity contribution is 0.641. The van der Waals surface area contributed by atoms with Crippen LogP contribution in [-0.2, 0) is 6.54 Å². The molecule has 1 aliphatic carbocycles. The van der Waals surface area contributed by atoms with Crippen molar-refractivity contribution in [2.45, 2.75) is 56.3 Å². The van der Waals surface area contributed by atoms with Crippen molar-refractivity contribution in [3.8, 4) is 0 Å². The van der Waals surface area contributed by atoms with Gasteiger partial charge in [-0.1, -0.05) is 44.5 Å². The molecule has 1 saturated carbocycles. The molecule has 1 nitrogen and oxygen atoms in total. The highest BCUT2D eigenvalue weighted by Gasteiger charge is 2.21. The normalized spacial score (nSPS) is 17.2. The zero-order valence-corrected chi connectivity index (χ0v) is 12.9. The molecule has 1 unspecified atom stereocenters. The fourth-order valence-corrected chi connectivity index (χ4v) is 3.13. The summed E-state index contributed by atoms with van der Waals surface area (Å²) in [7, 11) is 0. The van der Waals surface area contributed by atoms with E-state index in [1.807, 2.05) is 17.8 Å². The number of hydrogen-bond donors (Lipinski definition) is 1. The van der Waals surface area contributed by atoms with Gasteiger partial charge in [-0.2, -0.15) is 0 Å². The fraction of sp³-hybridized carbons (Fsp3) is 0.600. The second-order valence-corrected chi connectivity index (χ2v) is 7.24. The monoisotopic (exact) mass is 283 g/mol. The minimum Gasteiger partial charge on any atom is -0.310 e. The Bertz CT molecular complexity index is 401. The first-order valence-corrected chi connectivity index (χ1v) is 8.01. The minimum absolute atomic E-state index is 0.588. The summed E-state index contributed by atoms with van der Waals surface area (Å²) in [5.41, 5.74) is 1.34. The van der Waals surface area contributed by atoms with Crippen LogP contribution >= 0.6 is 23.4 Å². The van der Waals surface area contributed by atoms with Gasteiger partial charge in [-0.15, -0.1) is 11.8 Å². The summed E-state index contributed by atoms with van der Waals surface area (Å²) in [4.78, 5) is 1.26. The third-order valence-electron chi connectivity index (χ3n) is 3.45. The number of nitrogens with one attached hydrogen (secondary N) is 1. The maximum absolute atomic E-state index is 6.36. The van der Waals surface area contributed by atoms with Crippen LogP contribution in [-0.4, -0.2) is 11.3 Å². The molecule has 3 heteroatoms. The van der Waals surface area contributed by atoms with E-state index in [0.29, 0.717) is 11.2 Å². The fourth-order valence-electron chi connectivity index (χ4n) is 1.69. The van der Waals surface area contributed by atoms with Gasteiger partial charge < -0.3 is 5.32 Å². The van der Waals surface area contributed by atoms with Crippen molar-refractivity contribution in [2.24, 2.45) is 5.92 Å². The van der Waals surface area contributed by atoms with Crippen LogP contribution < -0.4 is 5.32 Å². The summed E-state index contributed by atoms with van der Waals surface area (Å²) in [6.45, 7) is 7.74. The Balaban J connectivity index is 2.09. The van der Waals surface area contributed by atoms with Gasteiger partial charge in [0, 0.05) is 22.7 Å². The first-order valence-electron chi connectivity index (χ1n) is 6.75. The molecule has 0 spiro atoms. The lowest BCUT2D eigenvalue weighted by atomic mass is 10.2. The third-order valence-corrected chi connectivity index (χ3v) is 5.51. The van der Waals surface area contributed by atoms with E-state index < -0.39 is 0 Å². The summed E-state index contributed by atoms with van der Waals surface area (Å²) < 4.78 is 0. The number of halogens is 1. The van der Waals surface area contributed by atoms with Crippen LogP contribution in [0.1, 0.15) is 39.2 Å². The standard InChI is InChI=1S/C15H22ClNS/c1-10(2)11(3)18-15-12(5-4-6-14(15)16)9-17-13-7-8-13/h4-6,10-11,13,17H,7-9H2,1-3H3. The maximum Gasteiger partial charge on any atom is 0.0545 e. The molecule has 18 heavy (non-hydrogen) atoms. The van der Waals surface area contributed by atoms with E-state index in [-0.39, 0.29) is 0 Å². The molecule has 0 saturated heterocycles. The van der Waals surface area contributed by atoms with Crippen molar-refractivity contribution >= 4 is 23.4 Å². The highest BCUT2D eigenvalue weighted by atomic mass is 35.5. The number of benzene rings is 1. The molecule has 1 aromatic carbocycles. The lowest BCUT2D eigenvalue weighted by Gasteiger charge is -2.18. The molecule has 0 bridgehead atoms. The molecule has 100 valence electrons. The van der Waals surface area contributed by atoms with E-state index in [2.05, 4.69) is 38.2 Å². The highest BCUT2D eigenvalue weighted by Crippen LogP contribution is 2.36. The molecule has 1 N–H and O–H groups in total. The van der Waals surface area contributed by atoms with E-state index in [0.717, 1.165) is 17.6 Å². The molecule has 1 aromatic rings. The molecular formula is C15H22ClNS. The maximum atomic E-state index is 6.36. The zero-order valence-electron chi connectivity index (χ0n) is 11.4. The van der Waals surface area contributed by atoms with E-state index >= 15 is 0 Å². The van der Waals surface area contributed by atoms with Crippen LogP contribution in [0.4, 0.5) is 0 Å². The zero-order chi connectivity index (χ0) is 13.1. The Morgan fingerprint density at radius 1 is 1.33 bits per heavy atom. The third kappa shape index (κ3) is 3.91. The van der Waals surface area contributed by atoms with Gasteiger partial charge in [0.1, 0.15) is 0 Å².